The number of benzene rings is 2. The molecule has 2 rings (SSSR count). The summed E-state index contributed by atoms with van der Waals surface area (Å²) in [5.74, 6) is 0.400. The second-order valence-electron chi connectivity index (χ2n) is 5.09. The molecule has 0 aliphatic heterocycles. The number of nitrogen functional groups attached to an aromatic ring is 2. The van der Waals surface area contributed by atoms with E-state index in [2.05, 4.69) is 0 Å². The summed E-state index contributed by atoms with van der Waals surface area (Å²) < 4.78 is 10.3. The molecular formula is C18H20N2O4S2. The Morgan fingerprint density at radius 1 is 0.731 bits per heavy atom. The first-order chi connectivity index (χ1) is 12.6. The first-order valence-corrected chi connectivity index (χ1v) is 10.4. The molecule has 0 aromatic heterocycles. The van der Waals surface area contributed by atoms with Crippen LogP contribution >= 0.6 is 21.6 Å². The van der Waals surface area contributed by atoms with Crippen molar-refractivity contribution in [1.82, 2.24) is 0 Å². The number of para-hydroxylation sites is 2. The number of rotatable bonds is 9. The number of esters is 2. The van der Waals surface area contributed by atoms with Gasteiger partial charge >= 0.3 is 11.9 Å². The Hall–Kier alpha value is -2.32. The van der Waals surface area contributed by atoms with Crippen LogP contribution in [0.2, 0.25) is 0 Å². The molecule has 6 nitrogen and oxygen atoms in total. The maximum atomic E-state index is 11.9. The molecule has 0 saturated heterocycles. The van der Waals surface area contributed by atoms with Gasteiger partial charge < -0.3 is 20.9 Å². The number of hydrogen-bond acceptors (Lipinski definition) is 8. The normalized spacial score (nSPS) is 10.3. The number of ether oxygens (including phenoxy) is 2. The van der Waals surface area contributed by atoms with E-state index in [9.17, 15) is 9.59 Å². The molecule has 0 bridgehead atoms. The minimum atomic E-state index is -0.428. The van der Waals surface area contributed by atoms with Crippen LogP contribution in [-0.4, -0.2) is 36.7 Å². The van der Waals surface area contributed by atoms with Gasteiger partial charge in [-0.15, -0.1) is 0 Å². The van der Waals surface area contributed by atoms with Crippen LogP contribution in [0.3, 0.4) is 0 Å². The second kappa shape index (κ2) is 10.6. The highest BCUT2D eigenvalue weighted by atomic mass is 33.1. The van der Waals surface area contributed by atoms with Gasteiger partial charge in [0.2, 0.25) is 0 Å². The van der Waals surface area contributed by atoms with Gasteiger partial charge in [-0.3, -0.25) is 0 Å². The summed E-state index contributed by atoms with van der Waals surface area (Å²) in [6, 6.07) is 13.6. The summed E-state index contributed by atoms with van der Waals surface area (Å²) in [4.78, 5) is 23.7. The zero-order chi connectivity index (χ0) is 18.8. The van der Waals surface area contributed by atoms with E-state index in [1.807, 2.05) is 0 Å². The molecule has 0 amide bonds. The number of nitrogens with two attached hydrogens (primary N) is 2. The Morgan fingerprint density at radius 3 is 1.50 bits per heavy atom. The fourth-order valence-electron chi connectivity index (χ4n) is 1.98. The highest BCUT2D eigenvalue weighted by Crippen LogP contribution is 2.21. The van der Waals surface area contributed by atoms with Crippen molar-refractivity contribution in [2.45, 2.75) is 0 Å². The number of carbonyl (C=O) groups is 2. The summed E-state index contributed by atoms with van der Waals surface area (Å²) in [6.07, 6.45) is 0. The van der Waals surface area contributed by atoms with Crippen LogP contribution in [0.5, 0.6) is 0 Å². The van der Waals surface area contributed by atoms with Crippen LogP contribution in [0.15, 0.2) is 48.5 Å². The van der Waals surface area contributed by atoms with Gasteiger partial charge in [-0.2, -0.15) is 0 Å². The maximum Gasteiger partial charge on any atom is 0.340 e. The zero-order valence-electron chi connectivity index (χ0n) is 14.1. The van der Waals surface area contributed by atoms with Crippen LogP contribution in [-0.2, 0) is 9.47 Å². The average Bonchev–Trinajstić information content (AvgIpc) is 2.64. The zero-order valence-corrected chi connectivity index (χ0v) is 15.7. The van der Waals surface area contributed by atoms with Crippen LogP contribution in [0, 0.1) is 0 Å². The molecule has 2 aromatic rings. The van der Waals surface area contributed by atoms with Gasteiger partial charge in [0, 0.05) is 22.9 Å². The highest BCUT2D eigenvalue weighted by molar-refractivity contribution is 8.76. The standard InChI is InChI=1S/C18H20N2O4S2/c19-15-7-3-1-5-13(15)17(21)23-9-11-25-26-12-10-24-18(22)14-6-2-4-8-16(14)20/h1-8H,9-12,19-20H2. The predicted molar refractivity (Wildman–Crippen MR) is 107 cm³/mol. The van der Waals surface area contributed by atoms with Crippen LogP contribution in [0.1, 0.15) is 20.7 Å². The third-order valence-electron chi connectivity index (χ3n) is 3.24. The van der Waals surface area contributed by atoms with E-state index in [1.54, 1.807) is 48.5 Å². The molecule has 0 atom stereocenters. The third-order valence-corrected chi connectivity index (χ3v) is 5.58. The van der Waals surface area contributed by atoms with Crippen molar-refractivity contribution in [3.8, 4) is 0 Å². The third kappa shape index (κ3) is 6.20. The summed E-state index contributed by atoms with van der Waals surface area (Å²) in [5, 5.41) is 0. The van der Waals surface area contributed by atoms with Crippen molar-refractivity contribution in [1.29, 1.82) is 0 Å². The molecule has 0 aliphatic rings. The Bertz CT molecular complexity index is 692. The van der Waals surface area contributed by atoms with E-state index in [4.69, 9.17) is 20.9 Å². The number of hydrogen-bond donors (Lipinski definition) is 2. The summed E-state index contributed by atoms with van der Waals surface area (Å²) >= 11 is 0. The van der Waals surface area contributed by atoms with Crippen molar-refractivity contribution in [2.24, 2.45) is 0 Å². The molecule has 8 heteroatoms. The van der Waals surface area contributed by atoms with Crippen molar-refractivity contribution in [3.63, 3.8) is 0 Å². The lowest BCUT2D eigenvalue weighted by Crippen LogP contribution is -2.10. The smallest absolute Gasteiger partial charge is 0.340 e. The minimum absolute atomic E-state index is 0.283. The molecule has 0 unspecified atom stereocenters. The minimum Gasteiger partial charge on any atom is -0.461 e. The largest absolute Gasteiger partial charge is 0.461 e. The van der Waals surface area contributed by atoms with E-state index in [0.717, 1.165) is 0 Å². The molecule has 0 aliphatic carbocycles. The lowest BCUT2D eigenvalue weighted by Gasteiger charge is -2.07. The second-order valence-corrected chi connectivity index (χ2v) is 7.79. The molecule has 4 N–H and O–H groups in total. The van der Waals surface area contributed by atoms with Crippen molar-refractivity contribution >= 4 is 44.9 Å². The number of carbonyl (C=O) groups excluding carboxylic acids is 2. The van der Waals surface area contributed by atoms with Gasteiger partial charge in [-0.05, 0) is 24.3 Å². The molecule has 0 saturated carbocycles. The predicted octanol–water partition coefficient (Wildman–Crippen LogP) is 3.25. The molecule has 2 aromatic carbocycles. The van der Waals surface area contributed by atoms with Gasteiger partial charge in [-0.1, -0.05) is 45.9 Å². The molecule has 26 heavy (non-hydrogen) atoms. The average molecular weight is 393 g/mol. The number of anilines is 2. The maximum absolute atomic E-state index is 11.9. The SMILES string of the molecule is Nc1ccccc1C(=O)OCCSSCCOC(=O)c1ccccc1N. The van der Waals surface area contributed by atoms with Crippen molar-refractivity contribution in [3.05, 3.63) is 59.7 Å². The Kier molecular flexibility index (Phi) is 8.17. The van der Waals surface area contributed by atoms with Gasteiger partial charge in [0.15, 0.2) is 0 Å². The van der Waals surface area contributed by atoms with Crippen LogP contribution < -0.4 is 11.5 Å². The van der Waals surface area contributed by atoms with Gasteiger partial charge in [0.1, 0.15) is 13.2 Å². The Balaban J connectivity index is 1.55. The molecule has 0 heterocycles. The Morgan fingerprint density at radius 2 is 1.12 bits per heavy atom. The van der Waals surface area contributed by atoms with E-state index >= 15 is 0 Å². The molecular weight excluding hydrogens is 372 g/mol. The molecule has 138 valence electrons. The first kappa shape index (κ1) is 20.0. The van der Waals surface area contributed by atoms with Gasteiger partial charge in [0.05, 0.1) is 11.1 Å². The monoisotopic (exact) mass is 392 g/mol. The van der Waals surface area contributed by atoms with Crippen LogP contribution in [0.25, 0.3) is 0 Å². The quantitative estimate of drug-likeness (QED) is 0.290. The molecule has 0 fully saturated rings. The Labute approximate surface area is 160 Å². The van der Waals surface area contributed by atoms with E-state index in [1.165, 1.54) is 21.6 Å². The van der Waals surface area contributed by atoms with Gasteiger partial charge in [-0.25, -0.2) is 9.59 Å². The van der Waals surface area contributed by atoms with Crippen LogP contribution in [0.4, 0.5) is 11.4 Å². The van der Waals surface area contributed by atoms with E-state index in [0.29, 0.717) is 34.0 Å². The van der Waals surface area contributed by atoms with Crippen molar-refractivity contribution < 1.29 is 19.1 Å². The highest BCUT2D eigenvalue weighted by Gasteiger charge is 2.11. The summed E-state index contributed by atoms with van der Waals surface area (Å²) in [5.41, 5.74) is 13.0. The summed E-state index contributed by atoms with van der Waals surface area (Å²) in [6.45, 7) is 0.566. The summed E-state index contributed by atoms with van der Waals surface area (Å²) in [7, 11) is 3.07. The molecule has 0 radical (unpaired) electrons. The van der Waals surface area contributed by atoms with Crippen molar-refractivity contribution in [2.75, 3.05) is 36.2 Å². The fourth-order valence-corrected chi connectivity index (χ4v) is 3.63. The first-order valence-electron chi connectivity index (χ1n) is 7.87. The van der Waals surface area contributed by atoms with E-state index in [-0.39, 0.29) is 13.2 Å². The lowest BCUT2D eigenvalue weighted by atomic mass is 10.2. The molecule has 0 spiro atoms. The topological polar surface area (TPSA) is 105 Å². The van der Waals surface area contributed by atoms with E-state index < -0.39 is 11.9 Å². The lowest BCUT2D eigenvalue weighted by molar-refractivity contribution is 0.0521. The van der Waals surface area contributed by atoms with Gasteiger partial charge in [0.25, 0.3) is 0 Å². The fraction of sp³-hybridized carbons (Fsp3) is 0.222.